The molecule has 2 heterocycles. The Morgan fingerprint density at radius 1 is 1.25 bits per heavy atom. The van der Waals surface area contributed by atoms with Crippen LogP contribution in [0, 0.1) is 12.8 Å². The van der Waals surface area contributed by atoms with Gasteiger partial charge >= 0.3 is 0 Å². The van der Waals surface area contributed by atoms with Crippen molar-refractivity contribution in [1.29, 1.82) is 0 Å². The van der Waals surface area contributed by atoms with E-state index in [1.807, 2.05) is 24.3 Å². The minimum atomic E-state index is 0.696. The maximum absolute atomic E-state index is 5.70. The number of hydrogen-bond acceptors (Lipinski definition) is 4. The first-order valence-electron chi connectivity index (χ1n) is 7.46. The van der Waals surface area contributed by atoms with Gasteiger partial charge in [-0.05, 0) is 50.8 Å². The fourth-order valence-corrected chi connectivity index (χ4v) is 3.11. The van der Waals surface area contributed by atoms with Crippen molar-refractivity contribution in [3.8, 4) is 0 Å². The van der Waals surface area contributed by atoms with E-state index in [9.17, 15) is 0 Å². The third-order valence-electron chi connectivity index (χ3n) is 4.11. The number of aromatic nitrogens is 2. The smallest absolute Gasteiger partial charge is 0.150 e. The molecule has 1 atom stereocenters. The number of aryl methyl sites for hydroxylation is 1. The van der Waals surface area contributed by atoms with Gasteiger partial charge in [-0.15, -0.1) is 0 Å². The molecule has 1 aliphatic heterocycles. The van der Waals surface area contributed by atoms with Gasteiger partial charge < -0.3 is 10.6 Å². The van der Waals surface area contributed by atoms with Crippen LogP contribution in [0.25, 0.3) is 11.0 Å². The molecular weight excluding hydrogens is 248 g/mol. The normalized spacial score (nSPS) is 19.5. The van der Waals surface area contributed by atoms with E-state index in [0.717, 1.165) is 48.6 Å². The Balaban J connectivity index is 1.90. The monoisotopic (exact) mass is 270 g/mol. The number of piperidine rings is 1. The first kappa shape index (κ1) is 13.3. The first-order valence-corrected chi connectivity index (χ1v) is 7.46. The van der Waals surface area contributed by atoms with Gasteiger partial charge in [-0.1, -0.05) is 12.1 Å². The van der Waals surface area contributed by atoms with E-state index in [1.165, 1.54) is 12.8 Å². The third-order valence-corrected chi connectivity index (χ3v) is 4.11. The van der Waals surface area contributed by atoms with E-state index in [1.54, 1.807) is 0 Å². The van der Waals surface area contributed by atoms with Crippen LogP contribution in [0.3, 0.4) is 0 Å². The Morgan fingerprint density at radius 2 is 2.00 bits per heavy atom. The van der Waals surface area contributed by atoms with Crippen molar-refractivity contribution in [3.63, 3.8) is 0 Å². The van der Waals surface area contributed by atoms with Crippen LogP contribution in [0.15, 0.2) is 24.3 Å². The van der Waals surface area contributed by atoms with Crippen molar-refractivity contribution in [2.75, 3.05) is 24.5 Å². The van der Waals surface area contributed by atoms with Crippen LogP contribution >= 0.6 is 0 Å². The van der Waals surface area contributed by atoms with Gasteiger partial charge in [0.2, 0.25) is 0 Å². The highest BCUT2D eigenvalue weighted by Gasteiger charge is 2.22. The van der Waals surface area contributed by atoms with E-state index in [2.05, 4.69) is 11.8 Å². The van der Waals surface area contributed by atoms with E-state index < -0.39 is 0 Å². The number of nitrogens with two attached hydrogens (primary N) is 1. The zero-order valence-corrected chi connectivity index (χ0v) is 12.0. The summed E-state index contributed by atoms with van der Waals surface area (Å²) in [7, 11) is 0. The van der Waals surface area contributed by atoms with Crippen LogP contribution in [0.5, 0.6) is 0 Å². The van der Waals surface area contributed by atoms with Crippen molar-refractivity contribution >= 4 is 16.9 Å². The topological polar surface area (TPSA) is 55.0 Å². The second-order valence-electron chi connectivity index (χ2n) is 5.65. The lowest BCUT2D eigenvalue weighted by Crippen LogP contribution is -2.37. The molecule has 1 aromatic heterocycles. The maximum atomic E-state index is 5.70. The Hall–Kier alpha value is -1.68. The molecular formula is C16H22N4. The third kappa shape index (κ3) is 2.61. The lowest BCUT2D eigenvalue weighted by Gasteiger charge is -2.34. The molecule has 4 nitrogen and oxygen atoms in total. The molecule has 0 amide bonds. The van der Waals surface area contributed by atoms with Gasteiger partial charge in [0.05, 0.1) is 16.7 Å². The molecule has 1 saturated heterocycles. The van der Waals surface area contributed by atoms with Gasteiger partial charge in [-0.2, -0.15) is 0 Å². The second kappa shape index (κ2) is 5.75. The van der Waals surface area contributed by atoms with Crippen LogP contribution in [-0.2, 0) is 0 Å². The molecule has 2 aromatic rings. The number of rotatable bonds is 3. The zero-order chi connectivity index (χ0) is 13.9. The molecule has 0 radical (unpaired) electrons. The van der Waals surface area contributed by atoms with Crippen LogP contribution in [-0.4, -0.2) is 29.6 Å². The average molecular weight is 270 g/mol. The van der Waals surface area contributed by atoms with Gasteiger partial charge in [0.25, 0.3) is 0 Å². The summed E-state index contributed by atoms with van der Waals surface area (Å²) in [6.45, 7) is 4.97. The molecule has 2 N–H and O–H groups in total. The summed E-state index contributed by atoms with van der Waals surface area (Å²) in [6, 6.07) is 8.08. The molecule has 1 aromatic carbocycles. The summed E-state index contributed by atoms with van der Waals surface area (Å²) in [5, 5.41) is 0. The predicted molar refractivity (Wildman–Crippen MR) is 82.9 cm³/mol. The minimum Gasteiger partial charge on any atom is -0.355 e. The van der Waals surface area contributed by atoms with Gasteiger partial charge in [0.15, 0.2) is 5.82 Å². The van der Waals surface area contributed by atoms with Crippen LogP contribution < -0.4 is 10.6 Å². The Kier molecular flexibility index (Phi) is 3.83. The number of benzene rings is 1. The quantitative estimate of drug-likeness (QED) is 0.931. The fourth-order valence-electron chi connectivity index (χ4n) is 3.11. The van der Waals surface area contributed by atoms with Gasteiger partial charge in [-0.25, -0.2) is 9.97 Å². The zero-order valence-electron chi connectivity index (χ0n) is 12.0. The first-order chi connectivity index (χ1) is 9.78. The molecule has 1 unspecified atom stereocenters. The second-order valence-corrected chi connectivity index (χ2v) is 5.65. The van der Waals surface area contributed by atoms with Crippen LogP contribution in [0.2, 0.25) is 0 Å². The van der Waals surface area contributed by atoms with Crippen molar-refractivity contribution in [1.82, 2.24) is 9.97 Å². The number of fused-ring (bicyclic) bond motifs is 1. The highest BCUT2D eigenvalue weighted by atomic mass is 15.2. The van der Waals surface area contributed by atoms with Crippen molar-refractivity contribution < 1.29 is 0 Å². The lowest BCUT2D eigenvalue weighted by molar-refractivity contribution is 0.394. The van der Waals surface area contributed by atoms with Gasteiger partial charge in [0, 0.05) is 13.1 Å². The van der Waals surface area contributed by atoms with Crippen molar-refractivity contribution in [3.05, 3.63) is 30.0 Å². The minimum absolute atomic E-state index is 0.696. The Morgan fingerprint density at radius 3 is 2.75 bits per heavy atom. The Labute approximate surface area is 120 Å². The largest absolute Gasteiger partial charge is 0.355 e. The van der Waals surface area contributed by atoms with Crippen LogP contribution in [0.4, 0.5) is 5.82 Å². The highest BCUT2D eigenvalue weighted by Crippen LogP contribution is 2.26. The molecule has 0 bridgehead atoms. The maximum Gasteiger partial charge on any atom is 0.150 e. The summed E-state index contributed by atoms with van der Waals surface area (Å²) in [4.78, 5) is 11.9. The SMILES string of the molecule is Cc1nc2ccccc2nc1N1CCCC(CCN)C1. The molecule has 20 heavy (non-hydrogen) atoms. The lowest BCUT2D eigenvalue weighted by atomic mass is 9.95. The molecule has 0 saturated carbocycles. The van der Waals surface area contributed by atoms with E-state index >= 15 is 0 Å². The molecule has 1 fully saturated rings. The van der Waals surface area contributed by atoms with Gasteiger partial charge in [0.1, 0.15) is 0 Å². The summed E-state index contributed by atoms with van der Waals surface area (Å²) < 4.78 is 0. The van der Waals surface area contributed by atoms with E-state index in [4.69, 9.17) is 15.7 Å². The number of nitrogens with zero attached hydrogens (tertiary/aromatic N) is 3. The summed E-state index contributed by atoms with van der Waals surface area (Å²) in [5.74, 6) is 1.74. The molecule has 3 rings (SSSR count). The molecule has 1 aliphatic rings. The molecule has 106 valence electrons. The highest BCUT2D eigenvalue weighted by molar-refractivity contribution is 5.76. The molecule has 0 spiro atoms. The summed E-state index contributed by atoms with van der Waals surface area (Å²) >= 11 is 0. The standard InChI is InChI=1S/C16H22N4/c1-12-16(19-15-7-3-2-6-14(15)18-12)20-10-4-5-13(11-20)8-9-17/h2-3,6-7,13H,4-5,8-11,17H2,1H3. The van der Waals surface area contributed by atoms with Crippen LogP contribution in [0.1, 0.15) is 25.0 Å². The summed E-state index contributed by atoms with van der Waals surface area (Å²) in [6.07, 6.45) is 3.61. The average Bonchev–Trinajstić information content (AvgIpc) is 2.47. The van der Waals surface area contributed by atoms with Crippen molar-refractivity contribution in [2.24, 2.45) is 11.7 Å². The van der Waals surface area contributed by atoms with Crippen molar-refractivity contribution in [2.45, 2.75) is 26.2 Å². The number of hydrogen-bond donors (Lipinski definition) is 1. The predicted octanol–water partition coefficient (Wildman–Crippen LogP) is 2.50. The molecule has 0 aliphatic carbocycles. The van der Waals surface area contributed by atoms with E-state index in [0.29, 0.717) is 5.92 Å². The fraction of sp³-hybridized carbons (Fsp3) is 0.500. The van der Waals surface area contributed by atoms with E-state index in [-0.39, 0.29) is 0 Å². The molecule has 4 heteroatoms. The van der Waals surface area contributed by atoms with Gasteiger partial charge in [-0.3, -0.25) is 0 Å². The number of anilines is 1. The number of para-hydroxylation sites is 2. The Bertz CT molecular complexity index is 594. The summed E-state index contributed by atoms with van der Waals surface area (Å²) in [5.41, 5.74) is 8.68.